The van der Waals surface area contributed by atoms with Crippen LogP contribution >= 0.6 is 11.3 Å². The van der Waals surface area contributed by atoms with E-state index < -0.39 is 5.97 Å². The molecule has 0 amide bonds. The first-order valence-corrected chi connectivity index (χ1v) is 7.81. The highest BCUT2D eigenvalue weighted by Crippen LogP contribution is 2.18. The Balaban J connectivity index is 1.72. The van der Waals surface area contributed by atoms with E-state index in [-0.39, 0.29) is 0 Å². The molecule has 0 saturated carbocycles. The fourth-order valence-electron chi connectivity index (χ4n) is 2.58. The third-order valence-electron chi connectivity index (χ3n) is 3.84. The number of carboxylic acids is 1. The van der Waals surface area contributed by atoms with Crippen LogP contribution in [0.15, 0.2) is 11.4 Å². The van der Waals surface area contributed by atoms with Crippen molar-refractivity contribution in [3.05, 3.63) is 21.9 Å². The van der Waals surface area contributed by atoms with Crippen LogP contribution in [0.3, 0.4) is 0 Å². The number of aromatic carboxylic acids is 1. The second-order valence-electron chi connectivity index (χ2n) is 5.09. The molecule has 0 atom stereocenters. The van der Waals surface area contributed by atoms with E-state index in [0.717, 1.165) is 24.6 Å². The van der Waals surface area contributed by atoms with Crippen molar-refractivity contribution in [1.82, 2.24) is 10.2 Å². The van der Waals surface area contributed by atoms with Gasteiger partial charge in [0.05, 0.1) is 0 Å². The Hall–Kier alpha value is -0.910. The van der Waals surface area contributed by atoms with Crippen LogP contribution in [0.1, 0.15) is 35.0 Å². The van der Waals surface area contributed by atoms with Crippen LogP contribution in [0.5, 0.6) is 0 Å². The number of rotatable bonds is 6. The van der Waals surface area contributed by atoms with E-state index in [4.69, 9.17) is 5.11 Å². The SMILES string of the molecule is CCN1CCC(CNCc2ccsc2C(=O)O)CC1. The molecule has 2 N–H and O–H groups in total. The van der Waals surface area contributed by atoms with Gasteiger partial charge in [-0.05, 0) is 61.9 Å². The molecule has 5 heteroatoms. The topological polar surface area (TPSA) is 52.6 Å². The molecular weight excluding hydrogens is 260 g/mol. The average Bonchev–Trinajstić information content (AvgIpc) is 2.88. The lowest BCUT2D eigenvalue weighted by atomic mass is 9.97. The summed E-state index contributed by atoms with van der Waals surface area (Å²) in [6.45, 7) is 7.41. The Morgan fingerprint density at radius 2 is 2.26 bits per heavy atom. The summed E-state index contributed by atoms with van der Waals surface area (Å²) in [5, 5.41) is 14.3. The van der Waals surface area contributed by atoms with Crippen molar-refractivity contribution in [2.45, 2.75) is 26.3 Å². The molecule has 0 unspecified atom stereocenters. The van der Waals surface area contributed by atoms with Gasteiger partial charge in [-0.3, -0.25) is 0 Å². The van der Waals surface area contributed by atoms with E-state index in [1.807, 2.05) is 11.4 Å². The molecule has 2 heterocycles. The first kappa shape index (κ1) is 14.5. The van der Waals surface area contributed by atoms with E-state index in [1.54, 1.807) is 0 Å². The molecule has 1 saturated heterocycles. The van der Waals surface area contributed by atoms with Gasteiger partial charge in [0.15, 0.2) is 0 Å². The predicted molar refractivity (Wildman–Crippen MR) is 77.8 cm³/mol. The third-order valence-corrected chi connectivity index (χ3v) is 4.79. The summed E-state index contributed by atoms with van der Waals surface area (Å²) in [5.41, 5.74) is 0.906. The summed E-state index contributed by atoms with van der Waals surface area (Å²) in [7, 11) is 0. The number of hydrogen-bond donors (Lipinski definition) is 2. The summed E-state index contributed by atoms with van der Waals surface area (Å²) in [6.07, 6.45) is 2.49. The minimum Gasteiger partial charge on any atom is -0.477 e. The van der Waals surface area contributed by atoms with E-state index >= 15 is 0 Å². The fraction of sp³-hybridized carbons (Fsp3) is 0.643. The average molecular weight is 282 g/mol. The summed E-state index contributed by atoms with van der Waals surface area (Å²) < 4.78 is 0. The monoisotopic (exact) mass is 282 g/mol. The molecule has 4 nitrogen and oxygen atoms in total. The van der Waals surface area contributed by atoms with Gasteiger partial charge < -0.3 is 15.3 Å². The van der Waals surface area contributed by atoms with Crippen molar-refractivity contribution in [3.8, 4) is 0 Å². The third kappa shape index (κ3) is 4.03. The van der Waals surface area contributed by atoms with Gasteiger partial charge in [-0.2, -0.15) is 0 Å². The highest BCUT2D eigenvalue weighted by Gasteiger charge is 2.18. The second-order valence-corrected chi connectivity index (χ2v) is 6.00. The molecule has 0 bridgehead atoms. The maximum atomic E-state index is 11.0. The maximum absolute atomic E-state index is 11.0. The molecule has 1 aliphatic rings. The van der Waals surface area contributed by atoms with Gasteiger partial charge in [-0.25, -0.2) is 4.79 Å². The minimum absolute atomic E-state index is 0.466. The molecule has 19 heavy (non-hydrogen) atoms. The van der Waals surface area contributed by atoms with Gasteiger partial charge in [0.25, 0.3) is 0 Å². The quantitative estimate of drug-likeness (QED) is 0.840. The normalized spacial score (nSPS) is 17.7. The van der Waals surface area contributed by atoms with Crippen LogP contribution in [-0.2, 0) is 6.54 Å². The lowest BCUT2D eigenvalue weighted by Gasteiger charge is -2.31. The summed E-state index contributed by atoms with van der Waals surface area (Å²) >= 11 is 1.30. The predicted octanol–water partition coefficient (Wildman–Crippen LogP) is 2.27. The summed E-state index contributed by atoms with van der Waals surface area (Å²) in [5.74, 6) is -0.0854. The molecule has 0 radical (unpaired) electrons. The molecule has 2 rings (SSSR count). The summed E-state index contributed by atoms with van der Waals surface area (Å²) in [6, 6.07) is 1.90. The molecule has 1 aromatic rings. The lowest BCUT2D eigenvalue weighted by Crippen LogP contribution is -2.37. The lowest BCUT2D eigenvalue weighted by molar-refractivity contribution is 0.0701. The molecule has 0 spiro atoms. The standard InChI is InChI=1S/C14H22N2O2S/c1-2-16-6-3-11(4-7-16)9-15-10-12-5-8-19-13(12)14(17)18/h5,8,11,15H,2-4,6-7,9-10H2,1H3,(H,17,18). The van der Waals surface area contributed by atoms with Crippen molar-refractivity contribution in [3.63, 3.8) is 0 Å². The number of carboxylic acid groups (broad SMARTS) is 1. The zero-order valence-electron chi connectivity index (χ0n) is 11.4. The second kappa shape index (κ2) is 7.03. The van der Waals surface area contributed by atoms with Crippen LogP contribution in [0.2, 0.25) is 0 Å². The Bertz CT molecular complexity index is 411. The van der Waals surface area contributed by atoms with Crippen molar-refractivity contribution in [1.29, 1.82) is 0 Å². The van der Waals surface area contributed by atoms with Crippen LogP contribution in [0.4, 0.5) is 0 Å². The number of thiophene rings is 1. The number of carbonyl (C=O) groups is 1. The first-order chi connectivity index (χ1) is 9.20. The van der Waals surface area contributed by atoms with Gasteiger partial charge in [0, 0.05) is 6.54 Å². The van der Waals surface area contributed by atoms with Gasteiger partial charge in [-0.15, -0.1) is 11.3 Å². The zero-order chi connectivity index (χ0) is 13.7. The first-order valence-electron chi connectivity index (χ1n) is 6.93. The van der Waals surface area contributed by atoms with Crippen LogP contribution < -0.4 is 5.32 Å². The molecular formula is C14H22N2O2S. The highest BCUT2D eigenvalue weighted by molar-refractivity contribution is 7.12. The molecule has 0 aromatic carbocycles. The molecule has 106 valence electrons. The van der Waals surface area contributed by atoms with Gasteiger partial charge >= 0.3 is 5.97 Å². The Labute approximate surface area is 118 Å². The Morgan fingerprint density at radius 1 is 1.53 bits per heavy atom. The highest BCUT2D eigenvalue weighted by atomic mass is 32.1. The van der Waals surface area contributed by atoms with Crippen LogP contribution in [0.25, 0.3) is 0 Å². The van der Waals surface area contributed by atoms with E-state index in [1.165, 1.54) is 37.3 Å². The van der Waals surface area contributed by atoms with Crippen LogP contribution in [0, 0.1) is 5.92 Å². The molecule has 1 aliphatic heterocycles. The number of piperidine rings is 1. The summed E-state index contributed by atoms with van der Waals surface area (Å²) in [4.78, 5) is 13.9. The Kier molecular flexibility index (Phi) is 5.36. The maximum Gasteiger partial charge on any atom is 0.346 e. The number of nitrogens with one attached hydrogen (secondary N) is 1. The zero-order valence-corrected chi connectivity index (χ0v) is 12.2. The molecule has 1 aromatic heterocycles. The van der Waals surface area contributed by atoms with Gasteiger partial charge in [0.1, 0.15) is 4.88 Å². The smallest absolute Gasteiger partial charge is 0.346 e. The van der Waals surface area contributed by atoms with Gasteiger partial charge in [-0.1, -0.05) is 6.92 Å². The van der Waals surface area contributed by atoms with E-state index in [0.29, 0.717) is 11.4 Å². The fourth-order valence-corrected chi connectivity index (χ4v) is 3.34. The number of likely N-dealkylation sites (tertiary alicyclic amines) is 1. The largest absolute Gasteiger partial charge is 0.477 e. The van der Waals surface area contributed by atoms with Crippen molar-refractivity contribution >= 4 is 17.3 Å². The minimum atomic E-state index is -0.817. The molecule has 1 fully saturated rings. The number of nitrogens with zero attached hydrogens (tertiary/aromatic N) is 1. The van der Waals surface area contributed by atoms with Crippen molar-refractivity contribution < 1.29 is 9.90 Å². The molecule has 0 aliphatic carbocycles. The number of hydrogen-bond acceptors (Lipinski definition) is 4. The Morgan fingerprint density at radius 3 is 2.89 bits per heavy atom. The van der Waals surface area contributed by atoms with E-state index in [9.17, 15) is 4.79 Å². The van der Waals surface area contributed by atoms with Gasteiger partial charge in [0.2, 0.25) is 0 Å². The van der Waals surface area contributed by atoms with E-state index in [2.05, 4.69) is 17.1 Å². The van der Waals surface area contributed by atoms with Crippen LogP contribution in [-0.4, -0.2) is 42.2 Å². The van der Waals surface area contributed by atoms with Crippen molar-refractivity contribution in [2.24, 2.45) is 5.92 Å². The van der Waals surface area contributed by atoms with Crippen molar-refractivity contribution in [2.75, 3.05) is 26.2 Å².